The van der Waals surface area contributed by atoms with Crippen molar-refractivity contribution in [2.45, 2.75) is 64.2 Å². The molecular formula is C24H34N6O6. The fourth-order valence-electron chi connectivity index (χ4n) is 3.68. The van der Waals surface area contributed by atoms with Crippen molar-refractivity contribution in [3.05, 3.63) is 36.0 Å². The second-order valence-corrected chi connectivity index (χ2v) is 9.17. The highest BCUT2D eigenvalue weighted by atomic mass is 16.4. The third-order valence-electron chi connectivity index (χ3n) is 5.51. The third-order valence-corrected chi connectivity index (χ3v) is 5.51. The number of primary amides is 1. The number of carbonyl (C=O) groups is 5. The van der Waals surface area contributed by atoms with Gasteiger partial charge in [0, 0.05) is 23.5 Å². The number of aliphatic carboxylic acids is 1. The van der Waals surface area contributed by atoms with Gasteiger partial charge in [-0.1, -0.05) is 32.0 Å². The molecule has 9 N–H and O–H groups in total. The quantitative estimate of drug-likeness (QED) is 0.191. The summed E-state index contributed by atoms with van der Waals surface area (Å²) >= 11 is 0. The van der Waals surface area contributed by atoms with E-state index in [0.717, 1.165) is 10.9 Å². The lowest BCUT2D eigenvalue weighted by Crippen LogP contribution is -2.57. The molecular weight excluding hydrogens is 468 g/mol. The summed E-state index contributed by atoms with van der Waals surface area (Å²) in [7, 11) is 0. The Balaban J connectivity index is 2.34. The predicted octanol–water partition coefficient (Wildman–Crippen LogP) is -0.482. The van der Waals surface area contributed by atoms with E-state index in [1.807, 2.05) is 38.1 Å². The summed E-state index contributed by atoms with van der Waals surface area (Å²) in [5.41, 5.74) is 12.3. The minimum absolute atomic E-state index is 0.0140. The molecule has 0 spiro atoms. The predicted molar refractivity (Wildman–Crippen MR) is 132 cm³/mol. The molecule has 4 atom stereocenters. The highest BCUT2D eigenvalue weighted by Gasteiger charge is 2.31. The molecule has 12 nitrogen and oxygen atoms in total. The monoisotopic (exact) mass is 502 g/mol. The number of fused-ring (bicyclic) bond motifs is 1. The van der Waals surface area contributed by atoms with Crippen LogP contribution < -0.4 is 27.4 Å². The lowest BCUT2D eigenvalue weighted by molar-refractivity contribution is -0.143. The standard InChI is InChI=1S/C24H34N6O6/c1-12(2)8-17(28-21(32)13(3)25)22(33)29-18(23(34)30-19(24(35)36)10-20(26)31)9-14-11-27-16-7-5-4-6-15(14)16/h4-7,11-13,17-19,27H,8-10,25H2,1-3H3,(H2,26,31)(H,28,32)(H,29,33)(H,30,34)(H,35,36). The maximum atomic E-state index is 13.2. The van der Waals surface area contributed by atoms with E-state index in [-0.39, 0.29) is 18.8 Å². The minimum atomic E-state index is -1.57. The van der Waals surface area contributed by atoms with Crippen molar-refractivity contribution in [2.75, 3.05) is 0 Å². The first-order chi connectivity index (χ1) is 16.9. The van der Waals surface area contributed by atoms with Crippen LogP contribution in [-0.4, -0.2) is 63.9 Å². The Kier molecular flexibility index (Phi) is 9.97. The average molecular weight is 503 g/mol. The van der Waals surface area contributed by atoms with Gasteiger partial charge in [-0.3, -0.25) is 19.2 Å². The number of nitrogens with two attached hydrogens (primary N) is 2. The van der Waals surface area contributed by atoms with E-state index in [9.17, 15) is 29.1 Å². The molecule has 2 rings (SSSR count). The molecule has 0 saturated carbocycles. The number of para-hydroxylation sites is 1. The molecule has 0 aliphatic rings. The Morgan fingerprint density at radius 3 is 2.08 bits per heavy atom. The molecule has 0 bridgehead atoms. The maximum Gasteiger partial charge on any atom is 0.326 e. The van der Waals surface area contributed by atoms with Crippen molar-refractivity contribution < 1.29 is 29.1 Å². The number of carboxylic acid groups (broad SMARTS) is 1. The van der Waals surface area contributed by atoms with Crippen LogP contribution in [0, 0.1) is 5.92 Å². The van der Waals surface area contributed by atoms with Gasteiger partial charge in [0.25, 0.3) is 0 Å². The van der Waals surface area contributed by atoms with E-state index in [1.165, 1.54) is 6.92 Å². The van der Waals surface area contributed by atoms with Crippen molar-refractivity contribution in [3.63, 3.8) is 0 Å². The van der Waals surface area contributed by atoms with E-state index < -0.39 is 60.2 Å². The van der Waals surface area contributed by atoms with Crippen molar-refractivity contribution in [2.24, 2.45) is 17.4 Å². The fourth-order valence-corrected chi connectivity index (χ4v) is 3.68. The normalized spacial score (nSPS) is 14.5. The van der Waals surface area contributed by atoms with Crippen molar-refractivity contribution in [1.29, 1.82) is 0 Å². The number of hydrogen-bond donors (Lipinski definition) is 7. The van der Waals surface area contributed by atoms with Crippen LogP contribution in [0.1, 0.15) is 39.2 Å². The Labute approximate surface area is 208 Å². The highest BCUT2D eigenvalue weighted by molar-refractivity contribution is 5.95. The molecule has 0 saturated heterocycles. The summed E-state index contributed by atoms with van der Waals surface area (Å²) in [4.78, 5) is 64.4. The highest BCUT2D eigenvalue weighted by Crippen LogP contribution is 2.19. The molecule has 0 aliphatic carbocycles. The first-order valence-electron chi connectivity index (χ1n) is 11.6. The molecule has 0 radical (unpaired) electrons. The summed E-state index contributed by atoms with van der Waals surface area (Å²) < 4.78 is 0. The smallest absolute Gasteiger partial charge is 0.326 e. The van der Waals surface area contributed by atoms with Gasteiger partial charge in [-0.15, -0.1) is 0 Å². The zero-order valence-electron chi connectivity index (χ0n) is 20.5. The SMILES string of the molecule is CC(C)CC(NC(=O)C(C)N)C(=O)NC(Cc1c[nH]c2ccccc12)C(=O)NC(CC(N)=O)C(=O)O. The second-order valence-electron chi connectivity index (χ2n) is 9.17. The molecule has 4 amide bonds. The van der Waals surface area contributed by atoms with Gasteiger partial charge in [-0.25, -0.2) is 4.79 Å². The van der Waals surface area contributed by atoms with Crippen LogP contribution in [0.25, 0.3) is 10.9 Å². The number of aromatic nitrogens is 1. The van der Waals surface area contributed by atoms with Gasteiger partial charge in [0.15, 0.2) is 0 Å². The Morgan fingerprint density at radius 1 is 0.917 bits per heavy atom. The molecule has 4 unspecified atom stereocenters. The van der Waals surface area contributed by atoms with E-state index in [0.29, 0.717) is 5.56 Å². The van der Waals surface area contributed by atoms with Crippen LogP contribution in [0.2, 0.25) is 0 Å². The van der Waals surface area contributed by atoms with E-state index in [2.05, 4.69) is 20.9 Å². The van der Waals surface area contributed by atoms with Crippen LogP contribution >= 0.6 is 0 Å². The summed E-state index contributed by atoms with van der Waals surface area (Å²) in [6.07, 6.45) is 1.37. The number of nitrogens with one attached hydrogen (secondary N) is 4. The molecule has 0 aliphatic heterocycles. The van der Waals surface area contributed by atoms with Crippen molar-refractivity contribution in [3.8, 4) is 0 Å². The van der Waals surface area contributed by atoms with E-state index in [1.54, 1.807) is 6.20 Å². The van der Waals surface area contributed by atoms with E-state index in [4.69, 9.17) is 11.5 Å². The largest absolute Gasteiger partial charge is 0.480 e. The van der Waals surface area contributed by atoms with Gasteiger partial charge in [-0.2, -0.15) is 0 Å². The fraction of sp³-hybridized carbons (Fsp3) is 0.458. The van der Waals surface area contributed by atoms with Crippen LogP contribution in [0.3, 0.4) is 0 Å². The number of benzene rings is 1. The molecule has 2 aromatic rings. The van der Waals surface area contributed by atoms with Crippen molar-refractivity contribution in [1.82, 2.24) is 20.9 Å². The Bertz CT molecular complexity index is 1110. The van der Waals surface area contributed by atoms with Gasteiger partial charge in [0.1, 0.15) is 18.1 Å². The Morgan fingerprint density at radius 2 is 1.50 bits per heavy atom. The van der Waals surface area contributed by atoms with Gasteiger partial charge in [0.2, 0.25) is 23.6 Å². The number of amides is 4. The second kappa shape index (κ2) is 12.7. The van der Waals surface area contributed by atoms with Crippen molar-refractivity contribution >= 4 is 40.5 Å². The van der Waals surface area contributed by atoms with Gasteiger partial charge >= 0.3 is 5.97 Å². The van der Waals surface area contributed by atoms with Crippen LogP contribution in [0.15, 0.2) is 30.5 Å². The lowest BCUT2D eigenvalue weighted by Gasteiger charge is -2.25. The number of carboxylic acids is 1. The summed E-state index contributed by atoms with van der Waals surface area (Å²) in [6, 6.07) is 2.76. The first kappa shape index (κ1) is 28.3. The molecule has 36 heavy (non-hydrogen) atoms. The average Bonchev–Trinajstić information content (AvgIpc) is 3.19. The minimum Gasteiger partial charge on any atom is -0.480 e. The zero-order chi connectivity index (χ0) is 27.0. The maximum absolute atomic E-state index is 13.2. The number of rotatable bonds is 13. The summed E-state index contributed by atoms with van der Waals surface area (Å²) in [5, 5.41) is 17.7. The zero-order valence-corrected chi connectivity index (χ0v) is 20.5. The first-order valence-corrected chi connectivity index (χ1v) is 11.6. The molecule has 196 valence electrons. The molecule has 0 fully saturated rings. The van der Waals surface area contributed by atoms with E-state index >= 15 is 0 Å². The topological polar surface area (TPSA) is 209 Å². The number of H-pyrrole nitrogens is 1. The van der Waals surface area contributed by atoms with Gasteiger partial charge in [-0.05, 0) is 30.9 Å². The Hall–Kier alpha value is -3.93. The number of aromatic amines is 1. The molecule has 1 heterocycles. The third kappa shape index (κ3) is 8.08. The number of carbonyl (C=O) groups excluding carboxylic acids is 4. The van der Waals surface area contributed by atoms with Gasteiger partial charge < -0.3 is 37.5 Å². The van der Waals surface area contributed by atoms with Gasteiger partial charge in [0.05, 0.1) is 12.5 Å². The van der Waals surface area contributed by atoms with Crippen LogP contribution in [-0.2, 0) is 30.4 Å². The summed E-state index contributed by atoms with van der Waals surface area (Å²) in [6.45, 7) is 5.23. The molecule has 12 heteroatoms. The molecule has 1 aromatic carbocycles. The van der Waals surface area contributed by atoms with Crippen LogP contribution in [0.4, 0.5) is 0 Å². The van der Waals surface area contributed by atoms with Crippen LogP contribution in [0.5, 0.6) is 0 Å². The lowest BCUT2D eigenvalue weighted by atomic mass is 10.00. The number of hydrogen-bond acceptors (Lipinski definition) is 6. The summed E-state index contributed by atoms with van der Waals surface area (Å²) in [5.74, 6) is -4.29. The molecule has 1 aromatic heterocycles.